The number of aryl methyl sites for hydroxylation is 1. The van der Waals surface area contributed by atoms with Crippen LogP contribution >= 0.6 is 24.0 Å². The van der Waals surface area contributed by atoms with E-state index >= 15 is 0 Å². The second-order valence-corrected chi connectivity index (χ2v) is 6.68. The molecule has 1 aromatic carbocycles. The van der Waals surface area contributed by atoms with Crippen molar-refractivity contribution in [2.75, 3.05) is 33.3 Å². The third-order valence-corrected chi connectivity index (χ3v) is 4.85. The van der Waals surface area contributed by atoms with Crippen molar-refractivity contribution in [1.82, 2.24) is 20.0 Å². The van der Waals surface area contributed by atoms with Gasteiger partial charge in [-0.25, -0.2) is 0 Å². The van der Waals surface area contributed by atoms with Crippen LogP contribution < -0.4 is 10.1 Å². The van der Waals surface area contributed by atoms with Gasteiger partial charge in [-0.15, -0.1) is 24.0 Å². The molecule has 0 spiro atoms. The van der Waals surface area contributed by atoms with E-state index in [4.69, 9.17) is 9.73 Å². The van der Waals surface area contributed by atoms with Crippen molar-refractivity contribution in [3.05, 3.63) is 47.8 Å². The number of ether oxygens (including phenoxy) is 1. The zero-order valence-corrected chi connectivity index (χ0v) is 18.7. The molecule has 1 atom stereocenters. The second kappa shape index (κ2) is 10.5. The van der Waals surface area contributed by atoms with Crippen molar-refractivity contribution in [1.29, 1.82) is 0 Å². The quantitative estimate of drug-likeness (QED) is 0.390. The minimum absolute atomic E-state index is 0. The van der Waals surface area contributed by atoms with Gasteiger partial charge in [0.25, 0.3) is 0 Å². The van der Waals surface area contributed by atoms with E-state index in [-0.39, 0.29) is 24.0 Å². The van der Waals surface area contributed by atoms with Crippen LogP contribution in [-0.2, 0) is 13.5 Å². The number of guanidine groups is 1. The molecule has 0 aliphatic carbocycles. The summed E-state index contributed by atoms with van der Waals surface area (Å²) in [6.07, 6.45) is 6.13. The predicted molar refractivity (Wildman–Crippen MR) is 120 cm³/mol. The number of benzene rings is 1. The number of methoxy groups -OCH3 is 1. The highest BCUT2D eigenvalue weighted by molar-refractivity contribution is 14.0. The average Bonchev–Trinajstić information content (AvgIpc) is 3.30. The molecule has 2 aromatic rings. The van der Waals surface area contributed by atoms with E-state index in [2.05, 4.69) is 34.5 Å². The molecule has 1 aliphatic rings. The zero-order valence-electron chi connectivity index (χ0n) is 16.4. The number of halogens is 1. The van der Waals surface area contributed by atoms with E-state index in [1.165, 1.54) is 11.1 Å². The van der Waals surface area contributed by atoms with Gasteiger partial charge in [-0.1, -0.05) is 18.2 Å². The van der Waals surface area contributed by atoms with Crippen molar-refractivity contribution < 1.29 is 4.74 Å². The summed E-state index contributed by atoms with van der Waals surface area (Å²) in [6, 6.07) is 8.16. The van der Waals surface area contributed by atoms with Crippen molar-refractivity contribution in [3.63, 3.8) is 0 Å². The van der Waals surface area contributed by atoms with Gasteiger partial charge in [0.05, 0.1) is 13.3 Å². The average molecular weight is 483 g/mol. The molecule has 1 unspecified atom stereocenters. The topological polar surface area (TPSA) is 54.7 Å². The lowest BCUT2D eigenvalue weighted by Gasteiger charge is -2.21. The monoisotopic (exact) mass is 483 g/mol. The van der Waals surface area contributed by atoms with Gasteiger partial charge in [0, 0.05) is 45.3 Å². The maximum absolute atomic E-state index is 5.43. The van der Waals surface area contributed by atoms with Crippen LogP contribution in [0.1, 0.15) is 30.4 Å². The van der Waals surface area contributed by atoms with Crippen molar-refractivity contribution in [2.45, 2.75) is 25.7 Å². The van der Waals surface area contributed by atoms with Crippen molar-refractivity contribution in [3.8, 4) is 5.75 Å². The van der Waals surface area contributed by atoms with Gasteiger partial charge in [0.2, 0.25) is 0 Å². The van der Waals surface area contributed by atoms with Crippen LogP contribution in [0.4, 0.5) is 0 Å². The first kappa shape index (κ1) is 21.5. The number of aliphatic imine (C=N–C) groups is 1. The summed E-state index contributed by atoms with van der Waals surface area (Å²) < 4.78 is 7.31. The Morgan fingerprint density at radius 2 is 2.19 bits per heavy atom. The lowest BCUT2D eigenvalue weighted by molar-refractivity contribution is 0.409. The molecule has 6 nitrogen and oxygen atoms in total. The smallest absolute Gasteiger partial charge is 0.193 e. The first-order valence-corrected chi connectivity index (χ1v) is 9.35. The van der Waals surface area contributed by atoms with Gasteiger partial charge in [-0.2, -0.15) is 5.10 Å². The molecule has 3 rings (SSSR count). The molecule has 148 valence electrons. The first-order valence-electron chi connectivity index (χ1n) is 9.35. The number of hydrogen-bond donors (Lipinski definition) is 1. The predicted octanol–water partition coefficient (Wildman–Crippen LogP) is 3.04. The van der Waals surface area contributed by atoms with Gasteiger partial charge >= 0.3 is 0 Å². The fraction of sp³-hybridized carbons (Fsp3) is 0.500. The van der Waals surface area contributed by atoms with E-state index < -0.39 is 0 Å². The van der Waals surface area contributed by atoms with Gasteiger partial charge < -0.3 is 15.0 Å². The number of aromatic nitrogens is 2. The highest BCUT2D eigenvalue weighted by atomic mass is 127. The van der Waals surface area contributed by atoms with E-state index in [1.54, 1.807) is 7.11 Å². The Labute approximate surface area is 179 Å². The van der Waals surface area contributed by atoms with Crippen molar-refractivity contribution >= 4 is 29.9 Å². The highest BCUT2D eigenvalue weighted by Gasteiger charge is 2.26. The molecule has 1 N–H and O–H groups in total. The third kappa shape index (κ3) is 5.60. The summed E-state index contributed by atoms with van der Waals surface area (Å²) in [7, 11) is 3.69. The number of nitrogens with zero attached hydrogens (tertiary/aromatic N) is 4. The fourth-order valence-corrected chi connectivity index (χ4v) is 3.49. The first-order chi connectivity index (χ1) is 12.7. The van der Waals surface area contributed by atoms with Crippen LogP contribution in [0.15, 0.2) is 41.7 Å². The van der Waals surface area contributed by atoms with E-state index in [0.29, 0.717) is 5.92 Å². The summed E-state index contributed by atoms with van der Waals surface area (Å²) in [4.78, 5) is 7.22. The second-order valence-electron chi connectivity index (χ2n) is 6.68. The Kier molecular flexibility index (Phi) is 8.40. The Morgan fingerprint density at radius 1 is 1.37 bits per heavy atom. The Hall–Kier alpha value is -1.77. The molecule has 0 radical (unpaired) electrons. The Morgan fingerprint density at radius 3 is 2.89 bits per heavy atom. The third-order valence-electron chi connectivity index (χ3n) is 4.85. The minimum atomic E-state index is 0. The molecule has 1 fully saturated rings. The fourth-order valence-electron chi connectivity index (χ4n) is 3.49. The SMILES string of the molecule is CCNC(=NCCc1ccccc1OC)N1CCC(c2cnn(C)c2)C1.I. The van der Waals surface area contributed by atoms with E-state index in [9.17, 15) is 0 Å². The van der Waals surface area contributed by atoms with Gasteiger partial charge in [0.15, 0.2) is 5.96 Å². The minimum Gasteiger partial charge on any atom is -0.496 e. The maximum atomic E-state index is 5.43. The summed E-state index contributed by atoms with van der Waals surface area (Å²) >= 11 is 0. The molecule has 1 aliphatic heterocycles. The molecule has 1 aromatic heterocycles. The highest BCUT2D eigenvalue weighted by Crippen LogP contribution is 2.26. The Balaban J connectivity index is 0.00000261. The summed E-state index contributed by atoms with van der Waals surface area (Å²) in [5, 5.41) is 7.75. The molecular formula is C20H30IN5O. The molecule has 7 heteroatoms. The number of rotatable bonds is 6. The molecule has 0 saturated carbocycles. The lowest BCUT2D eigenvalue weighted by Crippen LogP contribution is -2.40. The van der Waals surface area contributed by atoms with Crippen LogP contribution in [0.5, 0.6) is 5.75 Å². The number of hydrogen-bond acceptors (Lipinski definition) is 3. The van der Waals surface area contributed by atoms with Crippen molar-refractivity contribution in [2.24, 2.45) is 12.0 Å². The number of likely N-dealkylation sites (tertiary alicyclic amines) is 1. The van der Waals surface area contributed by atoms with Crippen LogP contribution in [-0.4, -0.2) is 53.9 Å². The molecule has 2 heterocycles. The molecule has 27 heavy (non-hydrogen) atoms. The van der Waals surface area contributed by atoms with Crippen LogP contribution in [0.25, 0.3) is 0 Å². The summed E-state index contributed by atoms with van der Waals surface area (Å²) in [5.74, 6) is 2.47. The van der Waals surface area contributed by atoms with Crippen LogP contribution in [0.3, 0.4) is 0 Å². The molecule has 0 amide bonds. The van der Waals surface area contributed by atoms with Gasteiger partial charge in [0.1, 0.15) is 5.75 Å². The van der Waals surface area contributed by atoms with E-state index in [1.807, 2.05) is 36.1 Å². The van der Waals surface area contributed by atoms with Gasteiger partial charge in [-0.05, 0) is 37.0 Å². The normalized spacial score (nSPS) is 16.9. The summed E-state index contributed by atoms with van der Waals surface area (Å²) in [6.45, 7) is 5.76. The number of nitrogens with one attached hydrogen (secondary N) is 1. The standard InChI is InChI=1S/C20H29N5O.HI/c1-4-21-20(22-11-9-16-7-5-6-8-19(16)26-3)25-12-10-17(15-25)18-13-23-24(2)14-18;/h5-8,13-14,17H,4,9-12,15H2,1-3H3,(H,21,22);1H. The number of para-hydroxylation sites is 1. The summed E-state index contributed by atoms with van der Waals surface area (Å²) in [5.41, 5.74) is 2.52. The van der Waals surface area contributed by atoms with Crippen LogP contribution in [0, 0.1) is 0 Å². The van der Waals surface area contributed by atoms with E-state index in [0.717, 1.165) is 50.7 Å². The maximum Gasteiger partial charge on any atom is 0.193 e. The zero-order chi connectivity index (χ0) is 18.4. The largest absolute Gasteiger partial charge is 0.496 e. The van der Waals surface area contributed by atoms with Gasteiger partial charge in [-0.3, -0.25) is 9.67 Å². The van der Waals surface area contributed by atoms with Crippen LogP contribution in [0.2, 0.25) is 0 Å². The Bertz CT molecular complexity index is 745. The molecule has 0 bridgehead atoms. The lowest BCUT2D eigenvalue weighted by atomic mass is 10.0. The molecular weight excluding hydrogens is 453 g/mol. The molecule has 1 saturated heterocycles.